The van der Waals surface area contributed by atoms with Gasteiger partial charge in [-0.05, 0) is 43.5 Å². The lowest BCUT2D eigenvalue weighted by Gasteiger charge is -2.40. The van der Waals surface area contributed by atoms with Crippen molar-refractivity contribution in [3.8, 4) is 0 Å². The minimum Gasteiger partial charge on any atom is -0.380 e. The molecule has 2 heterocycles. The van der Waals surface area contributed by atoms with Crippen LogP contribution >= 0.6 is 11.6 Å². The maximum absolute atomic E-state index is 14.6. The number of hydrogen-bond acceptors (Lipinski definition) is 6. The third-order valence-electron chi connectivity index (χ3n) is 7.29. The van der Waals surface area contributed by atoms with Crippen LogP contribution in [0.25, 0.3) is 10.9 Å². The monoisotopic (exact) mass is 685 g/mol. The Kier molecular flexibility index (Phi) is 10.5. The number of piperidine rings is 1. The highest BCUT2D eigenvalue weighted by atomic mass is 35.5. The number of alkyl halides is 8. The first-order valence-electron chi connectivity index (χ1n) is 14.0. The van der Waals surface area contributed by atoms with Gasteiger partial charge in [0.15, 0.2) is 6.54 Å². The molecule has 2 amide bonds. The van der Waals surface area contributed by atoms with Crippen molar-refractivity contribution in [1.29, 1.82) is 5.41 Å². The SMILES string of the molecule is COCC(F)(F)C(=O)N1C[C@@H](NC(=O)/C(=C/[NH2+]CC(F)(F)F)C(=N)C2CC2)C[C@@H](Nc2cc(C(F)(F)F)nc3ccc(Cl)cc23)C1. The van der Waals surface area contributed by atoms with Crippen LogP contribution in [0, 0.1) is 11.3 Å². The Morgan fingerprint density at radius 1 is 1.11 bits per heavy atom. The minimum atomic E-state index is -4.85. The first kappa shape index (κ1) is 35.3. The van der Waals surface area contributed by atoms with Crippen molar-refractivity contribution in [2.75, 3.05) is 38.7 Å². The number of nitrogens with one attached hydrogen (secondary N) is 3. The van der Waals surface area contributed by atoms with Gasteiger partial charge in [0.2, 0.25) is 0 Å². The number of carbonyl (C=O) groups excluding carboxylic acids is 2. The fraction of sp³-hybridized carbons (Fsp3) is 0.500. The number of nitrogens with two attached hydrogens (primary N) is 1. The van der Waals surface area contributed by atoms with E-state index in [0.717, 1.165) is 18.2 Å². The van der Waals surface area contributed by atoms with Crippen LogP contribution in [0.5, 0.6) is 0 Å². The van der Waals surface area contributed by atoms with E-state index in [4.69, 9.17) is 17.0 Å². The van der Waals surface area contributed by atoms with Crippen molar-refractivity contribution in [3.05, 3.63) is 46.8 Å². The van der Waals surface area contributed by atoms with Crippen LogP contribution in [0.1, 0.15) is 25.0 Å². The number of pyridine rings is 1. The number of methoxy groups -OCH3 is 1. The van der Waals surface area contributed by atoms with Gasteiger partial charge in [-0.15, -0.1) is 0 Å². The number of quaternary nitrogens is 1. The molecular weight excluding hydrogens is 656 g/mol. The minimum absolute atomic E-state index is 0.0783. The molecule has 5 N–H and O–H groups in total. The van der Waals surface area contributed by atoms with Crippen LogP contribution in [-0.2, 0) is 20.5 Å². The number of fused-ring (bicyclic) bond motifs is 1. The predicted octanol–water partition coefficient (Wildman–Crippen LogP) is 4.13. The van der Waals surface area contributed by atoms with Gasteiger partial charge in [0.25, 0.3) is 11.8 Å². The van der Waals surface area contributed by atoms with Crippen molar-refractivity contribution in [3.63, 3.8) is 0 Å². The molecule has 1 aromatic carbocycles. The largest absolute Gasteiger partial charge is 0.438 e. The maximum atomic E-state index is 14.6. The molecule has 2 aromatic rings. The Morgan fingerprint density at radius 3 is 2.39 bits per heavy atom. The lowest BCUT2D eigenvalue weighted by atomic mass is 9.98. The van der Waals surface area contributed by atoms with Gasteiger partial charge >= 0.3 is 18.3 Å². The van der Waals surface area contributed by atoms with Crippen LogP contribution in [0.3, 0.4) is 0 Å². The molecule has 1 aliphatic carbocycles. The van der Waals surface area contributed by atoms with Gasteiger partial charge in [0.1, 0.15) is 24.1 Å². The molecule has 0 bridgehead atoms. The average molecular weight is 686 g/mol. The molecule has 252 valence electrons. The number of halogens is 9. The van der Waals surface area contributed by atoms with E-state index in [1.54, 1.807) is 0 Å². The second-order valence-electron chi connectivity index (χ2n) is 11.1. The quantitative estimate of drug-likeness (QED) is 0.161. The average Bonchev–Trinajstić information content (AvgIpc) is 3.79. The normalized spacial score (nSPS) is 19.7. The number of amides is 2. The topological polar surface area (TPSA) is 124 Å². The van der Waals surface area contributed by atoms with E-state index >= 15 is 0 Å². The standard InChI is InChI=1S/C28H29ClF8N6O3/c1-46-13-26(30,31)25(45)43-10-16(40-21-8-22(28(35,36)37)42-20-5-4-15(29)6-18(20)21)7-17(11-43)41-24(44)19(23(38)14-2-3-14)9-39-12-27(32,33)34/h4-6,8-9,14,16-17,38-39H,2-3,7,10-13H2,1H3,(H,40,42)(H,41,44)/p+1/b19-9+,38-23?/t16-,17+/m1/s1. The maximum Gasteiger partial charge on any atom is 0.438 e. The van der Waals surface area contributed by atoms with Gasteiger partial charge in [-0.25, -0.2) is 4.98 Å². The molecule has 18 heteroatoms. The highest BCUT2D eigenvalue weighted by Crippen LogP contribution is 2.35. The molecule has 1 saturated heterocycles. The summed E-state index contributed by atoms with van der Waals surface area (Å²) < 4.78 is 113. The molecule has 0 unspecified atom stereocenters. The fourth-order valence-corrected chi connectivity index (χ4v) is 5.26. The van der Waals surface area contributed by atoms with E-state index in [1.165, 1.54) is 18.2 Å². The zero-order valence-corrected chi connectivity index (χ0v) is 24.9. The second kappa shape index (κ2) is 13.7. The van der Waals surface area contributed by atoms with Gasteiger partial charge in [-0.2, -0.15) is 35.1 Å². The number of likely N-dealkylation sites (tertiary alicyclic amines) is 1. The van der Waals surface area contributed by atoms with Crippen LogP contribution < -0.4 is 16.0 Å². The van der Waals surface area contributed by atoms with E-state index in [0.29, 0.717) is 24.2 Å². The predicted molar refractivity (Wildman–Crippen MR) is 150 cm³/mol. The van der Waals surface area contributed by atoms with E-state index in [1.807, 2.05) is 0 Å². The van der Waals surface area contributed by atoms with E-state index in [-0.39, 0.29) is 45.2 Å². The van der Waals surface area contributed by atoms with Crippen molar-refractivity contribution in [2.45, 2.75) is 49.6 Å². The molecule has 2 aliphatic rings. The summed E-state index contributed by atoms with van der Waals surface area (Å²) in [5.74, 6) is -6.95. The number of carbonyl (C=O) groups is 2. The molecule has 2 fully saturated rings. The highest BCUT2D eigenvalue weighted by Gasteiger charge is 2.45. The number of rotatable bonds is 11. The molecule has 46 heavy (non-hydrogen) atoms. The first-order valence-corrected chi connectivity index (χ1v) is 14.4. The Hall–Kier alpha value is -3.57. The van der Waals surface area contributed by atoms with Gasteiger partial charge in [0, 0.05) is 54.3 Å². The Bertz CT molecular complexity index is 1510. The first-order chi connectivity index (χ1) is 21.4. The summed E-state index contributed by atoms with van der Waals surface area (Å²) in [6.07, 6.45) is -7.53. The molecule has 0 radical (unpaired) electrons. The molecule has 1 saturated carbocycles. The van der Waals surface area contributed by atoms with Crippen LogP contribution in [0.2, 0.25) is 5.02 Å². The lowest BCUT2D eigenvalue weighted by molar-refractivity contribution is -0.615. The fourth-order valence-electron chi connectivity index (χ4n) is 5.08. The molecular formula is C28H30ClF8N6O3+. The smallest absolute Gasteiger partial charge is 0.380 e. The number of aromatic nitrogens is 1. The summed E-state index contributed by atoms with van der Waals surface area (Å²) in [6.45, 7) is -3.51. The number of hydrogen-bond donors (Lipinski definition) is 4. The van der Waals surface area contributed by atoms with Gasteiger partial charge in [-0.3, -0.25) is 9.59 Å². The molecule has 1 aromatic heterocycles. The Morgan fingerprint density at radius 2 is 1.78 bits per heavy atom. The van der Waals surface area contributed by atoms with Gasteiger partial charge in [0.05, 0.1) is 11.2 Å². The van der Waals surface area contributed by atoms with Crippen LogP contribution in [0.15, 0.2) is 36.0 Å². The third kappa shape index (κ3) is 9.03. The number of nitrogens with zero attached hydrogens (tertiary/aromatic N) is 2. The molecule has 4 rings (SSSR count). The molecule has 1 aliphatic heterocycles. The van der Waals surface area contributed by atoms with Gasteiger partial charge in [-0.1, -0.05) is 11.6 Å². The number of benzene rings is 1. The lowest BCUT2D eigenvalue weighted by Crippen LogP contribution is -2.82. The number of ether oxygens (including phenoxy) is 1. The van der Waals surface area contributed by atoms with Crippen LogP contribution in [0.4, 0.5) is 40.8 Å². The Labute approximate surface area is 262 Å². The summed E-state index contributed by atoms with van der Waals surface area (Å²) in [6, 6.07) is 2.55. The number of anilines is 1. The van der Waals surface area contributed by atoms with Crippen LogP contribution in [-0.4, -0.2) is 84.9 Å². The third-order valence-corrected chi connectivity index (χ3v) is 7.52. The highest BCUT2D eigenvalue weighted by molar-refractivity contribution is 6.31. The van der Waals surface area contributed by atoms with Crippen molar-refractivity contribution in [2.24, 2.45) is 5.92 Å². The summed E-state index contributed by atoms with van der Waals surface area (Å²) in [4.78, 5) is 30.5. The summed E-state index contributed by atoms with van der Waals surface area (Å²) in [5, 5.41) is 14.7. The Balaban J connectivity index is 1.65. The van der Waals surface area contributed by atoms with Crippen molar-refractivity contribution in [1.82, 2.24) is 15.2 Å². The van der Waals surface area contributed by atoms with Crippen molar-refractivity contribution >= 4 is 45.7 Å². The zero-order valence-electron chi connectivity index (χ0n) is 24.2. The van der Waals surface area contributed by atoms with Crippen molar-refractivity contribution < 1.29 is 54.8 Å². The van der Waals surface area contributed by atoms with Gasteiger partial charge < -0.3 is 31.0 Å². The van der Waals surface area contributed by atoms with E-state index in [2.05, 4.69) is 20.4 Å². The second-order valence-corrected chi connectivity index (χ2v) is 11.6. The summed E-state index contributed by atoms with van der Waals surface area (Å²) in [5.41, 5.74) is -2.00. The zero-order chi connectivity index (χ0) is 34.0. The van der Waals surface area contributed by atoms with E-state index in [9.17, 15) is 44.7 Å². The molecule has 2 atom stereocenters. The summed E-state index contributed by atoms with van der Waals surface area (Å²) >= 11 is 6.07. The molecule has 9 nitrogen and oxygen atoms in total. The summed E-state index contributed by atoms with van der Waals surface area (Å²) in [7, 11) is 0.959. The molecule has 0 spiro atoms. The van der Waals surface area contributed by atoms with E-state index < -0.39 is 74.1 Å².